The molecule has 1 aliphatic carbocycles. The Balaban J connectivity index is 2.08. The zero-order valence-corrected chi connectivity index (χ0v) is 8.90. The minimum absolute atomic E-state index is 0.184. The maximum atomic E-state index is 5.54. The lowest BCUT2D eigenvalue weighted by molar-refractivity contribution is 0.312. The smallest absolute Gasteiger partial charge is 0.323 e. The van der Waals surface area contributed by atoms with Gasteiger partial charge in [0, 0.05) is 6.04 Å². The molecule has 0 bridgehead atoms. The van der Waals surface area contributed by atoms with Gasteiger partial charge in [-0.05, 0) is 19.3 Å². The normalized spacial score (nSPS) is 23.6. The Morgan fingerprint density at radius 2 is 2.20 bits per heavy atom. The number of aromatic nitrogens is 3. The largest absolute Gasteiger partial charge is 0.464 e. The van der Waals surface area contributed by atoms with E-state index in [-0.39, 0.29) is 12.0 Å². The van der Waals surface area contributed by atoms with Crippen molar-refractivity contribution in [2.45, 2.75) is 26.3 Å². The van der Waals surface area contributed by atoms with Gasteiger partial charge in [-0.2, -0.15) is 15.0 Å². The number of nitrogens with two attached hydrogens (primary N) is 1. The van der Waals surface area contributed by atoms with Crippen molar-refractivity contribution in [3.63, 3.8) is 0 Å². The molecule has 15 heavy (non-hydrogen) atoms. The SMILES string of the molecule is CCOc1nc(N)nc(NC2CC2C)n1. The third kappa shape index (κ3) is 2.45. The fourth-order valence-corrected chi connectivity index (χ4v) is 1.32. The molecule has 1 aromatic rings. The second kappa shape index (κ2) is 3.88. The molecule has 6 nitrogen and oxygen atoms in total. The minimum Gasteiger partial charge on any atom is -0.464 e. The molecular formula is C9H15N5O. The molecule has 0 aliphatic heterocycles. The summed E-state index contributed by atoms with van der Waals surface area (Å²) in [4.78, 5) is 12.0. The second-order valence-electron chi connectivity index (χ2n) is 3.70. The number of hydrogen-bond donors (Lipinski definition) is 2. The first-order valence-electron chi connectivity index (χ1n) is 5.10. The predicted octanol–water partition coefficient (Wildman–Crippen LogP) is 0.673. The highest BCUT2D eigenvalue weighted by Crippen LogP contribution is 2.31. The molecular weight excluding hydrogens is 194 g/mol. The molecule has 1 heterocycles. The Bertz CT molecular complexity index is 356. The van der Waals surface area contributed by atoms with Gasteiger partial charge >= 0.3 is 6.01 Å². The highest BCUT2D eigenvalue weighted by atomic mass is 16.5. The molecule has 3 N–H and O–H groups in total. The van der Waals surface area contributed by atoms with Gasteiger partial charge in [0.1, 0.15) is 0 Å². The van der Waals surface area contributed by atoms with Crippen LogP contribution in [0.25, 0.3) is 0 Å². The maximum absolute atomic E-state index is 5.54. The molecule has 2 unspecified atom stereocenters. The monoisotopic (exact) mass is 209 g/mol. The van der Waals surface area contributed by atoms with Crippen LogP contribution in [0, 0.1) is 5.92 Å². The molecule has 0 amide bonds. The van der Waals surface area contributed by atoms with E-state index in [1.165, 1.54) is 0 Å². The number of hydrogen-bond acceptors (Lipinski definition) is 6. The van der Waals surface area contributed by atoms with Crippen molar-refractivity contribution in [3.8, 4) is 6.01 Å². The molecule has 1 fully saturated rings. The van der Waals surface area contributed by atoms with E-state index in [1.54, 1.807) is 0 Å². The van der Waals surface area contributed by atoms with Crippen molar-refractivity contribution in [2.75, 3.05) is 17.7 Å². The van der Waals surface area contributed by atoms with Crippen LogP contribution in [0.3, 0.4) is 0 Å². The van der Waals surface area contributed by atoms with Crippen LogP contribution in [-0.2, 0) is 0 Å². The first-order valence-corrected chi connectivity index (χ1v) is 5.10. The molecule has 0 radical (unpaired) electrons. The van der Waals surface area contributed by atoms with Crippen LogP contribution in [-0.4, -0.2) is 27.6 Å². The topological polar surface area (TPSA) is 86.0 Å². The van der Waals surface area contributed by atoms with Crippen LogP contribution in [0.2, 0.25) is 0 Å². The highest BCUT2D eigenvalue weighted by Gasteiger charge is 2.33. The van der Waals surface area contributed by atoms with Gasteiger partial charge < -0.3 is 15.8 Å². The lowest BCUT2D eigenvalue weighted by Crippen LogP contribution is -2.11. The first-order chi connectivity index (χ1) is 7.19. The van der Waals surface area contributed by atoms with Gasteiger partial charge in [0.25, 0.3) is 0 Å². The van der Waals surface area contributed by atoms with Gasteiger partial charge in [-0.3, -0.25) is 0 Å². The van der Waals surface area contributed by atoms with E-state index in [1.807, 2.05) is 6.92 Å². The number of ether oxygens (including phenoxy) is 1. The van der Waals surface area contributed by atoms with Gasteiger partial charge in [-0.25, -0.2) is 0 Å². The minimum atomic E-state index is 0.184. The van der Waals surface area contributed by atoms with Crippen LogP contribution < -0.4 is 15.8 Å². The molecule has 0 spiro atoms. The molecule has 0 aromatic carbocycles. The number of rotatable bonds is 4. The van der Waals surface area contributed by atoms with E-state index in [0.717, 1.165) is 6.42 Å². The third-order valence-electron chi connectivity index (χ3n) is 2.33. The van der Waals surface area contributed by atoms with Crippen molar-refractivity contribution in [1.29, 1.82) is 0 Å². The van der Waals surface area contributed by atoms with Crippen LogP contribution in [0.4, 0.5) is 11.9 Å². The zero-order chi connectivity index (χ0) is 10.8. The van der Waals surface area contributed by atoms with E-state index >= 15 is 0 Å². The Labute approximate surface area is 88.3 Å². The molecule has 6 heteroatoms. The standard InChI is InChI=1S/C9H15N5O/c1-3-15-9-13-7(10)12-8(14-9)11-6-4-5(6)2/h5-6H,3-4H2,1-2H3,(H3,10,11,12,13,14). The molecule has 1 aliphatic rings. The molecule has 82 valence electrons. The van der Waals surface area contributed by atoms with Gasteiger partial charge in [0.15, 0.2) is 0 Å². The van der Waals surface area contributed by atoms with Crippen molar-refractivity contribution in [1.82, 2.24) is 15.0 Å². The number of nitrogens with zero attached hydrogens (tertiary/aromatic N) is 3. The highest BCUT2D eigenvalue weighted by molar-refractivity contribution is 5.35. The van der Waals surface area contributed by atoms with Gasteiger partial charge in [-0.1, -0.05) is 6.92 Å². The lowest BCUT2D eigenvalue weighted by atomic mass is 10.5. The Hall–Kier alpha value is -1.59. The summed E-state index contributed by atoms with van der Waals surface area (Å²) in [6.07, 6.45) is 1.15. The van der Waals surface area contributed by atoms with Gasteiger partial charge in [0.05, 0.1) is 6.61 Å². The van der Waals surface area contributed by atoms with E-state index in [4.69, 9.17) is 10.5 Å². The van der Waals surface area contributed by atoms with Gasteiger partial charge in [-0.15, -0.1) is 0 Å². The molecule has 0 saturated heterocycles. The molecule has 1 aromatic heterocycles. The van der Waals surface area contributed by atoms with E-state index < -0.39 is 0 Å². The Kier molecular flexibility index (Phi) is 2.57. The number of nitrogens with one attached hydrogen (secondary N) is 1. The maximum Gasteiger partial charge on any atom is 0.323 e. The van der Waals surface area contributed by atoms with E-state index in [9.17, 15) is 0 Å². The molecule has 2 atom stereocenters. The molecule has 1 saturated carbocycles. The van der Waals surface area contributed by atoms with Crippen molar-refractivity contribution in [2.24, 2.45) is 5.92 Å². The summed E-state index contributed by atoms with van der Waals surface area (Å²) >= 11 is 0. The predicted molar refractivity (Wildman–Crippen MR) is 56.6 cm³/mol. The fourth-order valence-electron chi connectivity index (χ4n) is 1.32. The Morgan fingerprint density at radius 1 is 1.47 bits per heavy atom. The average molecular weight is 209 g/mol. The summed E-state index contributed by atoms with van der Waals surface area (Å²) in [5.74, 6) is 1.36. The fraction of sp³-hybridized carbons (Fsp3) is 0.667. The summed E-state index contributed by atoms with van der Waals surface area (Å²) in [5.41, 5.74) is 5.54. The van der Waals surface area contributed by atoms with Crippen molar-refractivity contribution >= 4 is 11.9 Å². The lowest BCUT2D eigenvalue weighted by Gasteiger charge is -2.06. The van der Waals surface area contributed by atoms with Crippen LogP contribution in [0.15, 0.2) is 0 Å². The number of nitrogen functional groups attached to an aromatic ring is 1. The summed E-state index contributed by atoms with van der Waals surface area (Å²) in [7, 11) is 0. The molecule has 2 rings (SSSR count). The summed E-state index contributed by atoms with van der Waals surface area (Å²) < 4.78 is 5.17. The van der Waals surface area contributed by atoms with Crippen LogP contribution in [0.1, 0.15) is 20.3 Å². The average Bonchev–Trinajstić information content (AvgIpc) is 2.81. The summed E-state index contributed by atoms with van der Waals surface area (Å²) in [6, 6.07) is 0.738. The van der Waals surface area contributed by atoms with Crippen molar-refractivity contribution < 1.29 is 4.74 Å². The van der Waals surface area contributed by atoms with Crippen LogP contribution in [0.5, 0.6) is 6.01 Å². The van der Waals surface area contributed by atoms with Gasteiger partial charge in [0.2, 0.25) is 11.9 Å². The third-order valence-corrected chi connectivity index (χ3v) is 2.33. The zero-order valence-electron chi connectivity index (χ0n) is 8.90. The summed E-state index contributed by atoms with van der Waals surface area (Å²) in [6.45, 7) is 4.56. The van der Waals surface area contributed by atoms with Crippen LogP contribution >= 0.6 is 0 Å². The Morgan fingerprint density at radius 3 is 2.80 bits per heavy atom. The van der Waals surface area contributed by atoms with Crippen molar-refractivity contribution in [3.05, 3.63) is 0 Å². The first kappa shape index (κ1) is 9.95. The number of anilines is 2. The van der Waals surface area contributed by atoms with E-state index in [0.29, 0.717) is 24.5 Å². The second-order valence-corrected chi connectivity index (χ2v) is 3.70. The van der Waals surface area contributed by atoms with E-state index in [2.05, 4.69) is 27.2 Å². The summed E-state index contributed by atoms with van der Waals surface area (Å²) in [5, 5.41) is 3.18. The quantitative estimate of drug-likeness (QED) is 0.758.